The Balaban J connectivity index is 1.21. The van der Waals surface area contributed by atoms with Crippen molar-refractivity contribution in [2.45, 2.75) is 57.7 Å². The van der Waals surface area contributed by atoms with Crippen molar-refractivity contribution in [3.63, 3.8) is 0 Å². The van der Waals surface area contributed by atoms with E-state index in [1.807, 2.05) is 49.9 Å². The third kappa shape index (κ3) is 3.79. The number of hydrogen-bond donors (Lipinski definition) is 0. The van der Waals surface area contributed by atoms with Crippen LogP contribution in [0.1, 0.15) is 53.0 Å². The average Bonchev–Trinajstić information content (AvgIpc) is 3.38. The van der Waals surface area contributed by atoms with Gasteiger partial charge in [-0.2, -0.15) is 0 Å². The maximum absolute atomic E-state index is 13.8. The van der Waals surface area contributed by atoms with Crippen molar-refractivity contribution in [2.75, 3.05) is 0 Å². The van der Waals surface area contributed by atoms with Crippen molar-refractivity contribution in [3.05, 3.63) is 95.8 Å². The van der Waals surface area contributed by atoms with Gasteiger partial charge in [0.1, 0.15) is 5.82 Å². The minimum Gasteiger partial charge on any atom is -0.333 e. The van der Waals surface area contributed by atoms with E-state index in [4.69, 9.17) is 0 Å². The first-order chi connectivity index (χ1) is 16.7. The largest absolute Gasteiger partial charge is 0.333 e. The normalized spacial score (nSPS) is 21.8. The van der Waals surface area contributed by atoms with E-state index < -0.39 is 0 Å². The summed E-state index contributed by atoms with van der Waals surface area (Å²) in [5.41, 5.74) is 3.29. The fourth-order valence-electron chi connectivity index (χ4n) is 6.21. The second-order valence-electron chi connectivity index (χ2n) is 9.91. The summed E-state index contributed by atoms with van der Waals surface area (Å²) in [7, 11) is 0. The summed E-state index contributed by atoms with van der Waals surface area (Å²) in [6, 6.07) is 17.4. The van der Waals surface area contributed by atoms with E-state index in [-0.39, 0.29) is 5.91 Å². The number of rotatable bonds is 5. The molecular weight excluding hydrogens is 420 g/mol. The van der Waals surface area contributed by atoms with Gasteiger partial charge >= 0.3 is 0 Å². The summed E-state index contributed by atoms with van der Waals surface area (Å²) in [6.07, 6.45) is 13.1. The van der Waals surface area contributed by atoms with E-state index in [0.29, 0.717) is 24.5 Å². The predicted octanol–water partition coefficient (Wildman–Crippen LogP) is 5.41. The maximum Gasteiger partial charge on any atom is 0.254 e. The minimum atomic E-state index is 0.202. The topological polar surface area (TPSA) is 51.0 Å². The lowest BCUT2D eigenvalue weighted by molar-refractivity contribution is 0.0523. The number of pyridine rings is 1. The molecule has 6 rings (SSSR count). The SMILES string of the molecule is Cc1nccn1Cc1ccccc1C(=O)N1[C@H]2CC[C@H]1CC(Cc1cccc3ccncc13)C2. The molecule has 34 heavy (non-hydrogen) atoms. The number of benzene rings is 2. The third-order valence-corrected chi connectivity index (χ3v) is 7.86. The number of amides is 1. The van der Waals surface area contributed by atoms with Gasteiger partial charge in [0.05, 0.1) is 0 Å². The Kier molecular flexibility index (Phi) is 5.40. The number of piperidine rings is 1. The molecule has 172 valence electrons. The molecule has 2 aliphatic heterocycles. The van der Waals surface area contributed by atoms with Crippen LogP contribution in [0.2, 0.25) is 0 Å². The van der Waals surface area contributed by atoms with Crippen molar-refractivity contribution >= 4 is 16.7 Å². The summed E-state index contributed by atoms with van der Waals surface area (Å²) in [4.78, 5) is 24.7. The van der Waals surface area contributed by atoms with E-state index in [0.717, 1.165) is 49.1 Å². The summed E-state index contributed by atoms with van der Waals surface area (Å²) < 4.78 is 2.10. The van der Waals surface area contributed by atoms with Gasteiger partial charge in [-0.3, -0.25) is 9.78 Å². The molecule has 0 aliphatic carbocycles. The Hall–Kier alpha value is -3.47. The van der Waals surface area contributed by atoms with Crippen LogP contribution in [0.25, 0.3) is 10.8 Å². The van der Waals surface area contributed by atoms with E-state index in [2.05, 4.69) is 49.8 Å². The molecule has 0 radical (unpaired) electrons. The Morgan fingerprint density at radius 2 is 1.76 bits per heavy atom. The van der Waals surface area contributed by atoms with E-state index in [1.165, 1.54) is 16.3 Å². The number of nitrogens with zero attached hydrogens (tertiary/aromatic N) is 4. The molecule has 2 aromatic carbocycles. The summed E-state index contributed by atoms with van der Waals surface area (Å²) in [5.74, 6) is 1.77. The molecular formula is C29H30N4O. The average molecular weight is 451 g/mol. The molecule has 2 fully saturated rings. The van der Waals surface area contributed by atoms with Crippen molar-refractivity contribution in [3.8, 4) is 0 Å². The molecule has 4 heterocycles. The minimum absolute atomic E-state index is 0.202. The van der Waals surface area contributed by atoms with Gasteiger partial charge in [0, 0.05) is 54.4 Å². The molecule has 0 N–H and O–H groups in total. The number of hydrogen-bond acceptors (Lipinski definition) is 3. The van der Waals surface area contributed by atoms with E-state index >= 15 is 0 Å². The van der Waals surface area contributed by atoms with Crippen LogP contribution in [0.5, 0.6) is 0 Å². The molecule has 2 aromatic heterocycles. The van der Waals surface area contributed by atoms with Gasteiger partial charge in [-0.05, 0) is 73.6 Å². The standard InChI is InChI=1S/C29H30N4O/c1-20-31-13-14-32(20)19-24-5-2-3-8-27(24)29(34)33-25-9-10-26(33)17-21(16-25)15-23-7-4-6-22-11-12-30-18-28(22)23/h2-8,11-14,18,21,25-26H,9-10,15-17,19H2,1H3/t25-,26-/m0/s1. The highest BCUT2D eigenvalue weighted by atomic mass is 16.2. The van der Waals surface area contributed by atoms with Crippen molar-refractivity contribution < 1.29 is 4.79 Å². The maximum atomic E-state index is 13.8. The number of aryl methyl sites for hydroxylation is 1. The highest BCUT2D eigenvalue weighted by molar-refractivity contribution is 5.96. The first kappa shape index (κ1) is 21.1. The van der Waals surface area contributed by atoms with Gasteiger partial charge in [0.2, 0.25) is 0 Å². The van der Waals surface area contributed by atoms with E-state index in [1.54, 1.807) is 0 Å². The molecule has 0 unspecified atom stereocenters. The van der Waals surface area contributed by atoms with Gasteiger partial charge < -0.3 is 9.47 Å². The van der Waals surface area contributed by atoms with Gasteiger partial charge in [-0.1, -0.05) is 36.4 Å². The first-order valence-corrected chi connectivity index (χ1v) is 12.4. The molecule has 5 heteroatoms. The van der Waals surface area contributed by atoms with Crippen LogP contribution in [-0.4, -0.2) is 37.4 Å². The number of fused-ring (bicyclic) bond motifs is 3. The van der Waals surface area contributed by atoms with Crippen LogP contribution >= 0.6 is 0 Å². The smallest absolute Gasteiger partial charge is 0.254 e. The zero-order valence-electron chi connectivity index (χ0n) is 19.6. The highest BCUT2D eigenvalue weighted by Gasteiger charge is 2.43. The van der Waals surface area contributed by atoms with Crippen molar-refractivity contribution in [1.29, 1.82) is 0 Å². The van der Waals surface area contributed by atoms with Gasteiger partial charge in [0.15, 0.2) is 0 Å². The van der Waals surface area contributed by atoms with Crippen LogP contribution in [0.3, 0.4) is 0 Å². The number of imidazole rings is 1. The van der Waals surface area contributed by atoms with E-state index in [9.17, 15) is 4.79 Å². The number of carbonyl (C=O) groups excluding carboxylic acids is 1. The lowest BCUT2D eigenvalue weighted by Crippen LogP contribution is -2.47. The summed E-state index contributed by atoms with van der Waals surface area (Å²) >= 11 is 0. The second-order valence-corrected chi connectivity index (χ2v) is 9.91. The first-order valence-electron chi connectivity index (χ1n) is 12.4. The molecule has 1 amide bonds. The monoisotopic (exact) mass is 450 g/mol. The lowest BCUT2D eigenvalue weighted by atomic mass is 9.84. The Bertz CT molecular complexity index is 1320. The number of carbonyl (C=O) groups is 1. The van der Waals surface area contributed by atoms with Crippen LogP contribution < -0.4 is 0 Å². The zero-order valence-corrected chi connectivity index (χ0v) is 19.6. The lowest BCUT2D eigenvalue weighted by Gasteiger charge is -2.39. The van der Waals surface area contributed by atoms with Crippen molar-refractivity contribution in [1.82, 2.24) is 19.4 Å². The van der Waals surface area contributed by atoms with Crippen LogP contribution in [0.15, 0.2) is 73.3 Å². The molecule has 2 atom stereocenters. The molecule has 2 saturated heterocycles. The molecule has 0 saturated carbocycles. The Labute approximate surface area is 200 Å². The second kappa shape index (κ2) is 8.71. The van der Waals surface area contributed by atoms with Crippen LogP contribution in [-0.2, 0) is 13.0 Å². The van der Waals surface area contributed by atoms with Gasteiger partial charge in [0.25, 0.3) is 5.91 Å². The van der Waals surface area contributed by atoms with Crippen LogP contribution in [0.4, 0.5) is 0 Å². The van der Waals surface area contributed by atoms with Gasteiger partial charge in [-0.15, -0.1) is 0 Å². The fourth-order valence-corrected chi connectivity index (χ4v) is 6.21. The quantitative estimate of drug-likeness (QED) is 0.408. The third-order valence-electron chi connectivity index (χ3n) is 7.86. The summed E-state index contributed by atoms with van der Waals surface area (Å²) in [5, 5.41) is 2.52. The molecule has 5 nitrogen and oxygen atoms in total. The van der Waals surface area contributed by atoms with Crippen molar-refractivity contribution in [2.24, 2.45) is 5.92 Å². The molecule has 0 spiro atoms. The Morgan fingerprint density at radius 3 is 2.56 bits per heavy atom. The molecule has 2 aliphatic rings. The van der Waals surface area contributed by atoms with Crippen LogP contribution in [0, 0.1) is 12.8 Å². The molecule has 4 aromatic rings. The summed E-state index contributed by atoms with van der Waals surface area (Å²) in [6.45, 7) is 2.68. The number of aromatic nitrogens is 3. The zero-order chi connectivity index (χ0) is 23.1. The van der Waals surface area contributed by atoms with Gasteiger partial charge in [-0.25, -0.2) is 4.98 Å². The molecule has 2 bridgehead atoms. The highest BCUT2D eigenvalue weighted by Crippen LogP contribution is 2.41. The predicted molar refractivity (Wildman–Crippen MR) is 134 cm³/mol. The fraction of sp³-hybridized carbons (Fsp3) is 0.345. The Morgan fingerprint density at radius 1 is 0.971 bits per heavy atom.